The lowest BCUT2D eigenvalue weighted by Gasteiger charge is -2.14. The summed E-state index contributed by atoms with van der Waals surface area (Å²) in [6.45, 7) is 1.85. The molecule has 2 N–H and O–H groups in total. The van der Waals surface area contributed by atoms with Crippen LogP contribution >= 0.6 is 0 Å². The third-order valence-corrected chi connectivity index (χ3v) is 4.94. The van der Waals surface area contributed by atoms with Gasteiger partial charge < -0.3 is 19.8 Å². The lowest BCUT2D eigenvalue weighted by atomic mass is 10.1. The first-order valence-electron chi connectivity index (χ1n) is 9.48. The zero-order valence-electron chi connectivity index (χ0n) is 15.2. The fraction of sp³-hybridized carbons (Fsp3) is 0.318. The maximum atomic E-state index is 12.6. The molecule has 1 amide bonds. The first-order chi connectivity index (χ1) is 13.3. The highest BCUT2D eigenvalue weighted by Gasteiger charge is 2.18. The molecule has 2 heterocycles. The summed E-state index contributed by atoms with van der Waals surface area (Å²) in [5.41, 5.74) is 2.88. The lowest BCUT2D eigenvalue weighted by Crippen LogP contribution is -2.26. The van der Waals surface area contributed by atoms with Gasteiger partial charge in [0.15, 0.2) is 0 Å². The second kappa shape index (κ2) is 8.27. The second-order valence-electron chi connectivity index (χ2n) is 6.81. The van der Waals surface area contributed by atoms with Crippen molar-refractivity contribution in [2.75, 3.05) is 19.8 Å². The molecule has 1 aromatic heterocycles. The Bertz CT molecular complexity index is 913. The predicted octanol–water partition coefficient (Wildman–Crippen LogP) is 3.70. The van der Waals surface area contributed by atoms with Crippen LogP contribution in [-0.2, 0) is 11.2 Å². The smallest absolute Gasteiger partial charge is 0.255 e. The van der Waals surface area contributed by atoms with Crippen LogP contribution < -0.4 is 10.1 Å². The monoisotopic (exact) mass is 364 g/mol. The number of ether oxygens (including phenoxy) is 2. The van der Waals surface area contributed by atoms with Gasteiger partial charge in [0.1, 0.15) is 12.4 Å². The van der Waals surface area contributed by atoms with E-state index in [1.807, 2.05) is 36.5 Å². The summed E-state index contributed by atoms with van der Waals surface area (Å²) in [6.07, 6.45) is 5.00. The summed E-state index contributed by atoms with van der Waals surface area (Å²) in [6, 6.07) is 15.6. The summed E-state index contributed by atoms with van der Waals surface area (Å²) < 4.78 is 11.4. The van der Waals surface area contributed by atoms with Crippen LogP contribution in [0, 0.1) is 0 Å². The van der Waals surface area contributed by atoms with Crippen LogP contribution in [0.15, 0.2) is 54.7 Å². The van der Waals surface area contributed by atoms with Gasteiger partial charge in [-0.05, 0) is 43.0 Å². The highest BCUT2D eigenvalue weighted by molar-refractivity contribution is 5.97. The van der Waals surface area contributed by atoms with Crippen LogP contribution in [0.1, 0.15) is 28.8 Å². The zero-order chi connectivity index (χ0) is 18.5. The third kappa shape index (κ3) is 4.14. The van der Waals surface area contributed by atoms with E-state index >= 15 is 0 Å². The van der Waals surface area contributed by atoms with Gasteiger partial charge in [0.25, 0.3) is 5.91 Å². The number of aromatic nitrogens is 1. The summed E-state index contributed by atoms with van der Waals surface area (Å²) in [7, 11) is 0. The van der Waals surface area contributed by atoms with E-state index in [1.165, 1.54) is 10.9 Å². The Balaban J connectivity index is 1.35. The molecule has 1 fully saturated rings. The number of amides is 1. The molecule has 0 bridgehead atoms. The molecule has 5 nitrogen and oxygen atoms in total. The maximum Gasteiger partial charge on any atom is 0.255 e. The predicted molar refractivity (Wildman–Crippen MR) is 105 cm³/mol. The van der Waals surface area contributed by atoms with Crippen LogP contribution in [0.25, 0.3) is 10.9 Å². The van der Waals surface area contributed by atoms with Gasteiger partial charge >= 0.3 is 0 Å². The normalized spacial score (nSPS) is 16.5. The number of para-hydroxylation sites is 2. The Morgan fingerprint density at radius 2 is 2.04 bits per heavy atom. The minimum Gasteiger partial charge on any atom is -0.490 e. The van der Waals surface area contributed by atoms with Gasteiger partial charge in [0.2, 0.25) is 0 Å². The van der Waals surface area contributed by atoms with Gasteiger partial charge in [0.05, 0.1) is 11.7 Å². The molecule has 1 saturated heterocycles. The third-order valence-electron chi connectivity index (χ3n) is 4.94. The molecule has 5 heteroatoms. The Kier molecular flexibility index (Phi) is 5.39. The van der Waals surface area contributed by atoms with Crippen molar-refractivity contribution in [3.05, 3.63) is 65.9 Å². The first kappa shape index (κ1) is 17.6. The molecule has 27 heavy (non-hydrogen) atoms. The second-order valence-corrected chi connectivity index (χ2v) is 6.81. The molecule has 1 unspecified atom stereocenters. The van der Waals surface area contributed by atoms with Crippen molar-refractivity contribution in [3.63, 3.8) is 0 Å². The van der Waals surface area contributed by atoms with E-state index in [0.29, 0.717) is 24.5 Å². The number of hydrogen-bond acceptors (Lipinski definition) is 3. The molecule has 3 aromatic rings. The van der Waals surface area contributed by atoms with E-state index in [0.717, 1.165) is 31.4 Å². The van der Waals surface area contributed by atoms with Crippen molar-refractivity contribution >= 4 is 16.8 Å². The largest absolute Gasteiger partial charge is 0.490 e. The summed E-state index contributed by atoms with van der Waals surface area (Å²) in [4.78, 5) is 15.9. The van der Waals surface area contributed by atoms with E-state index in [2.05, 4.69) is 22.4 Å². The SMILES string of the molecule is O=C(NCCc1c[nH]c2ccccc12)c1ccccc1OCC1CCCO1. The molecule has 140 valence electrons. The van der Waals surface area contributed by atoms with Crippen molar-refractivity contribution in [2.45, 2.75) is 25.4 Å². The number of H-pyrrole nitrogens is 1. The summed E-state index contributed by atoms with van der Waals surface area (Å²) in [5.74, 6) is 0.496. The Morgan fingerprint density at radius 1 is 1.19 bits per heavy atom. The minimum absolute atomic E-state index is 0.113. The van der Waals surface area contributed by atoms with Gasteiger partial charge in [0, 0.05) is 30.3 Å². The highest BCUT2D eigenvalue weighted by Crippen LogP contribution is 2.21. The number of nitrogens with one attached hydrogen (secondary N) is 2. The molecule has 0 saturated carbocycles. The average molecular weight is 364 g/mol. The average Bonchev–Trinajstić information content (AvgIpc) is 3.37. The number of hydrogen-bond donors (Lipinski definition) is 2. The number of aromatic amines is 1. The van der Waals surface area contributed by atoms with E-state index in [9.17, 15) is 4.79 Å². The number of rotatable bonds is 7. The van der Waals surface area contributed by atoms with Crippen LogP contribution in [-0.4, -0.2) is 36.8 Å². The fourth-order valence-corrected chi connectivity index (χ4v) is 3.48. The molecule has 0 aliphatic carbocycles. The van der Waals surface area contributed by atoms with Crippen LogP contribution in [0.2, 0.25) is 0 Å². The Hall–Kier alpha value is -2.79. The highest BCUT2D eigenvalue weighted by atomic mass is 16.5. The lowest BCUT2D eigenvalue weighted by molar-refractivity contribution is 0.0670. The Morgan fingerprint density at radius 3 is 2.93 bits per heavy atom. The molecular weight excluding hydrogens is 340 g/mol. The Labute approximate surface area is 158 Å². The fourth-order valence-electron chi connectivity index (χ4n) is 3.48. The summed E-state index contributed by atoms with van der Waals surface area (Å²) >= 11 is 0. The topological polar surface area (TPSA) is 63.4 Å². The quantitative estimate of drug-likeness (QED) is 0.672. The molecule has 1 aliphatic heterocycles. The minimum atomic E-state index is -0.113. The summed E-state index contributed by atoms with van der Waals surface area (Å²) in [5, 5.41) is 4.21. The van der Waals surface area contributed by atoms with Gasteiger partial charge in [-0.25, -0.2) is 0 Å². The molecule has 1 aliphatic rings. The molecule has 0 spiro atoms. The molecule has 2 aromatic carbocycles. The van der Waals surface area contributed by atoms with E-state index in [4.69, 9.17) is 9.47 Å². The van der Waals surface area contributed by atoms with Crippen molar-refractivity contribution in [3.8, 4) is 5.75 Å². The molecule has 0 radical (unpaired) electrons. The van der Waals surface area contributed by atoms with Crippen molar-refractivity contribution < 1.29 is 14.3 Å². The molecule has 4 rings (SSSR count). The zero-order valence-corrected chi connectivity index (χ0v) is 15.2. The van der Waals surface area contributed by atoms with Gasteiger partial charge in [-0.2, -0.15) is 0 Å². The number of carbonyl (C=O) groups excluding carboxylic acids is 1. The van der Waals surface area contributed by atoms with Crippen molar-refractivity contribution in [1.29, 1.82) is 0 Å². The van der Waals surface area contributed by atoms with Crippen molar-refractivity contribution in [1.82, 2.24) is 10.3 Å². The molecule has 1 atom stereocenters. The van der Waals surface area contributed by atoms with E-state index < -0.39 is 0 Å². The maximum absolute atomic E-state index is 12.6. The number of fused-ring (bicyclic) bond motifs is 1. The number of benzene rings is 2. The standard InChI is InChI=1S/C22H24N2O3/c25-22(23-12-11-16-14-24-20-9-3-1-7-18(16)20)19-8-2-4-10-21(19)27-15-17-6-5-13-26-17/h1-4,7-10,14,17,24H,5-6,11-13,15H2,(H,23,25). The van der Waals surface area contributed by atoms with E-state index in [1.54, 1.807) is 6.07 Å². The number of carbonyl (C=O) groups is 1. The van der Waals surface area contributed by atoms with Gasteiger partial charge in [-0.3, -0.25) is 4.79 Å². The molecular formula is C22H24N2O3. The van der Waals surface area contributed by atoms with Crippen LogP contribution in [0.3, 0.4) is 0 Å². The van der Waals surface area contributed by atoms with Crippen LogP contribution in [0.5, 0.6) is 5.75 Å². The first-order valence-corrected chi connectivity index (χ1v) is 9.48. The van der Waals surface area contributed by atoms with Gasteiger partial charge in [-0.1, -0.05) is 30.3 Å². The van der Waals surface area contributed by atoms with Crippen LogP contribution in [0.4, 0.5) is 0 Å². The van der Waals surface area contributed by atoms with Gasteiger partial charge in [-0.15, -0.1) is 0 Å². The van der Waals surface area contributed by atoms with E-state index in [-0.39, 0.29) is 12.0 Å². The van der Waals surface area contributed by atoms with Crippen molar-refractivity contribution in [2.24, 2.45) is 0 Å².